The fraction of sp³-hybridized carbons (Fsp3) is 0. The molecule has 0 unspecified atom stereocenters. The van der Waals surface area contributed by atoms with E-state index in [1.807, 2.05) is 0 Å². The summed E-state index contributed by atoms with van der Waals surface area (Å²) in [5, 5.41) is 0. The molecule has 0 heterocycles. The first-order chi connectivity index (χ1) is 0. The monoisotopic (exact) mass is 201 g/mol. The Morgan fingerprint density at radius 3 is 0.571 bits per heavy atom. The van der Waals surface area contributed by atoms with Gasteiger partial charge in [-0.3, -0.25) is 0 Å². The van der Waals surface area contributed by atoms with Crippen molar-refractivity contribution < 1.29 is 57.0 Å². The third-order valence-electron chi connectivity index (χ3n) is 0. The smallest absolute Gasteiger partial charge is 1.00 e. The van der Waals surface area contributed by atoms with Gasteiger partial charge in [-0.25, -0.2) is 0 Å². The average Bonchev–Trinajstić information content (AvgIpc) is 0. The van der Waals surface area contributed by atoms with Gasteiger partial charge in [-0.05, 0) is 0 Å². The second kappa shape index (κ2) is 402. The second-order valence-electron chi connectivity index (χ2n) is 0. The molecule has 0 saturated heterocycles. The van der Waals surface area contributed by atoms with Gasteiger partial charge in [0, 0.05) is 0 Å². The standard InChI is InChI=1S/4FH.H3N.H2O.Y/h4*1H;1H3;1H2;/q;;;;;;+3/p-3. The Balaban J connectivity index is 0. The van der Waals surface area contributed by atoms with Crippen LogP contribution in [0.2, 0.25) is 0 Å². The molecule has 0 saturated carbocycles. The molecule has 7 heteroatoms. The van der Waals surface area contributed by atoms with E-state index in [0.717, 1.165) is 0 Å². The quantitative estimate of drug-likeness (QED) is 0.378. The molecule has 2 nitrogen and oxygen atoms in total. The van der Waals surface area contributed by atoms with Crippen LogP contribution < -0.4 is 25.0 Å². The Morgan fingerprint density at radius 1 is 0.571 bits per heavy atom. The summed E-state index contributed by atoms with van der Waals surface area (Å²) in [4.78, 5) is 0. The molecule has 48 valence electrons. The molecule has 0 aromatic rings. The van der Waals surface area contributed by atoms with Crippen molar-refractivity contribution in [1.82, 2.24) is 6.15 Å². The molecule has 0 aromatic carbocycles. The minimum absolute atomic E-state index is 0. The van der Waals surface area contributed by atoms with Crippen molar-refractivity contribution in [2.75, 3.05) is 0 Å². The van der Waals surface area contributed by atoms with E-state index in [1.54, 1.807) is 0 Å². The Morgan fingerprint density at radius 2 is 0.571 bits per heavy atom. The van der Waals surface area contributed by atoms with E-state index in [4.69, 9.17) is 0 Å². The molecule has 0 aliphatic carbocycles. The van der Waals surface area contributed by atoms with Gasteiger partial charge in [0.25, 0.3) is 0 Å². The van der Waals surface area contributed by atoms with Crippen LogP contribution >= 0.6 is 0 Å². The maximum atomic E-state index is 0. The number of hydrogen-bond acceptors (Lipinski definition) is 0. The van der Waals surface area contributed by atoms with Gasteiger partial charge in [0.15, 0.2) is 0 Å². The third-order valence-corrected chi connectivity index (χ3v) is 0. The van der Waals surface area contributed by atoms with Crippen molar-refractivity contribution in [3.8, 4) is 0 Å². The average molecular weight is 201 g/mol. The van der Waals surface area contributed by atoms with Crippen molar-refractivity contribution in [2.45, 2.75) is 0 Å². The van der Waals surface area contributed by atoms with E-state index in [1.165, 1.54) is 0 Å². The van der Waals surface area contributed by atoms with E-state index in [9.17, 15) is 0 Å². The summed E-state index contributed by atoms with van der Waals surface area (Å²) in [7, 11) is 0. The zero-order valence-electron chi connectivity index (χ0n) is 3.59. The van der Waals surface area contributed by atoms with Crippen LogP contribution in [-0.4, -0.2) is 5.48 Å². The predicted octanol–water partition coefficient (Wildman–Crippen LogP) is -12.4. The molecule has 6 N–H and O–H groups in total. The second-order valence-corrected chi connectivity index (χ2v) is 0. The molecule has 0 rings (SSSR count). The summed E-state index contributed by atoms with van der Waals surface area (Å²) in [6.07, 6.45) is 0. The molecular weight excluding hydrogens is 195 g/mol. The van der Waals surface area contributed by atoms with Crippen molar-refractivity contribution in [1.29, 1.82) is 0 Å². The maximum absolute atomic E-state index is 0. The molecule has 0 atom stereocenters. The van der Waals surface area contributed by atoms with Crippen LogP contribution in [0, 0.1) is 0 Å². The normalized spacial score (nSPS) is 0. The van der Waals surface area contributed by atoms with E-state index in [2.05, 4.69) is 0 Å². The van der Waals surface area contributed by atoms with Gasteiger partial charge in [0.1, 0.15) is 0 Å². The van der Waals surface area contributed by atoms with E-state index in [-0.39, 0.29) is 63.2 Å². The Kier molecular flexibility index (Phi) is 36600. The summed E-state index contributed by atoms with van der Waals surface area (Å²) in [5.74, 6) is 0. The first-order valence-corrected chi connectivity index (χ1v) is 0. The van der Waals surface area contributed by atoms with Gasteiger partial charge in [0.05, 0.1) is 0 Å². The van der Waals surface area contributed by atoms with Crippen molar-refractivity contribution in [2.24, 2.45) is 0 Å². The number of hydrogen-bond donors (Lipinski definition) is 1. The van der Waals surface area contributed by atoms with Crippen molar-refractivity contribution in [3.63, 3.8) is 0 Å². The fourth-order valence-electron chi connectivity index (χ4n) is 0. The summed E-state index contributed by atoms with van der Waals surface area (Å²) in [6.45, 7) is 0. The van der Waals surface area contributed by atoms with Gasteiger partial charge < -0.3 is 30.4 Å². The van der Waals surface area contributed by atoms with Crippen LogP contribution in [0.5, 0.6) is 0 Å². The van der Waals surface area contributed by atoms with Crippen LogP contribution in [-0.2, 0) is 32.7 Å². The third kappa shape index (κ3) is 274. The molecule has 0 bridgehead atoms. The van der Waals surface area contributed by atoms with Crippen molar-refractivity contribution >= 4 is 0 Å². The first kappa shape index (κ1) is 636. The van der Waals surface area contributed by atoms with Crippen LogP contribution in [0.25, 0.3) is 0 Å². The number of rotatable bonds is 0. The van der Waals surface area contributed by atoms with E-state index < -0.39 is 0 Å². The summed E-state index contributed by atoms with van der Waals surface area (Å²) in [6, 6.07) is 0. The van der Waals surface area contributed by atoms with Crippen LogP contribution in [0.15, 0.2) is 0 Å². The van der Waals surface area contributed by atoms with Gasteiger partial charge >= 0.3 is 32.7 Å². The van der Waals surface area contributed by atoms with Crippen LogP contribution in [0.3, 0.4) is 0 Å². The molecule has 0 spiro atoms. The first-order valence-electron chi connectivity index (χ1n) is 0. The van der Waals surface area contributed by atoms with Gasteiger partial charge in [-0.2, -0.15) is 0 Å². The Labute approximate surface area is 63.3 Å². The Hall–Kier alpha value is 0.744. The molecular formula is H6F4NOY. The zero-order valence-corrected chi connectivity index (χ0v) is 6.43. The fourth-order valence-corrected chi connectivity index (χ4v) is 0. The van der Waals surface area contributed by atoms with Gasteiger partial charge in [-0.15, -0.1) is 0 Å². The topological polar surface area (TPSA) is 68.0 Å². The van der Waals surface area contributed by atoms with Gasteiger partial charge in [-0.1, -0.05) is 0 Å². The SMILES string of the molecule is O.[F-].[F-].[F-].[F-].[NH4+].[Y+3]. The molecule has 0 fully saturated rings. The summed E-state index contributed by atoms with van der Waals surface area (Å²) in [5.41, 5.74) is 0. The molecule has 0 amide bonds. The maximum Gasteiger partial charge on any atom is 3.00 e. The zero-order chi connectivity index (χ0) is 0. The minimum atomic E-state index is 0. The summed E-state index contributed by atoms with van der Waals surface area (Å²) < 4.78 is 0. The largest absolute Gasteiger partial charge is 3.00 e. The predicted molar refractivity (Wildman–Crippen MR) is 9.60 cm³/mol. The molecule has 7 heavy (non-hydrogen) atoms. The molecule has 0 radical (unpaired) electrons. The molecule has 0 aromatic heterocycles. The number of quaternary nitrogens is 1. The molecule has 0 aliphatic rings. The van der Waals surface area contributed by atoms with Crippen molar-refractivity contribution in [3.05, 3.63) is 0 Å². The molecule has 0 aliphatic heterocycles. The minimum Gasteiger partial charge on any atom is -1.00 e. The number of halogens is 4. The summed E-state index contributed by atoms with van der Waals surface area (Å²) >= 11 is 0. The van der Waals surface area contributed by atoms with Gasteiger partial charge in [0.2, 0.25) is 0 Å². The van der Waals surface area contributed by atoms with E-state index in [0.29, 0.717) is 0 Å². The van der Waals surface area contributed by atoms with E-state index >= 15 is 0 Å². The van der Waals surface area contributed by atoms with Crippen LogP contribution in [0.4, 0.5) is 0 Å². The van der Waals surface area contributed by atoms with Crippen LogP contribution in [0.1, 0.15) is 0 Å². The Bertz CT molecular complexity index is 11.7.